The van der Waals surface area contributed by atoms with E-state index in [1.54, 1.807) is 17.8 Å². The van der Waals surface area contributed by atoms with E-state index in [1.165, 1.54) is 7.05 Å². The van der Waals surface area contributed by atoms with Crippen molar-refractivity contribution in [2.75, 3.05) is 18.6 Å². The SMILES string of the molecule is CN1C(N)=N[C@](C)(C2C=C(c3cccc(C#N)c3)SC2)CS1(=O)=O. The molecule has 2 heterocycles. The van der Waals surface area contributed by atoms with Crippen LogP contribution in [0.25, 0.3) is 4.91 Å². The molecule has 0 fully saturated rings. The monoisotopic (exact) mass is 362 g/mol. The first-order valence-corrected chi connectivity index (χ1v) is 10.0. The van der Waals surface area contributed by atoms with Crippen LogP contribution in [0.15, 0.2) is 35.3 Å². The predicted molar refractivity (Wildman–Crippen MR) is 96.7 cm³/mol. The number of aliphatic imine (C=N–C) groups is 1. The number of nitriles is 1. The Balaban J connectivity index is 1.94. The quantitative estimate of drug-likeness (QED) is 0.861. The highest BCUT2D eigenvalue weighted by atomic mass is 32.2. The van der Waals surface area contributed by atoms with Crippen LogP contribution in [-0.2, 0) is 10.0 Å². The lowest BCUT2D eigenvalue weighted by Gasteiger charge is -2.37. The molecular weight excluding hydrogens is 344 g/mol. The molecule has 0 saturated heterocycles. The van der Waals surface area contributed by atoms with Crippen molar-refractivity contribution in [2.45, 2.75) is 12.5 Å². The van der Waals surface area contributed by atoms with Gasteiger partial charge in [-0.15, -0.1) is 11.8 Å². The first-order chi connectivity index (χ1) is 11.2. The number of rotatable bonds is 2. The fourth-order valence-electron chi connectivity index (χ4n) is 2.90. The lowest BCUT2D eigenvalue weighted by atomic mass is 9.88. The standard InChI is InChI=1S/C16H18N4O2S2/c1-16(10-24(21,22)20(2)15(18)19-16)13-7-14(23-9-13)12-5-3-4-11(6-12)8-17/h3-7,13H,9-10H2,1-2H3,(H2,18,19)/t13?,16-/m0/s1. The molecule has 2 atom stereocenters. The molecule has 0 aromatic heterocycles. The fourth-order valence-corrected chi connectivity index (χ4v) is 5.81. The van der Waals surface area contributed by atoms with Gasteiger partial charge < -0.3 is 5.73 Å². The predicted octanol–water partition coefficient (Wildman–Crippen LogP) is 1.61. The van der Waals surface area contributed by atoms with Crippen LogP contribution < -0.4 is 5.73 Å². The molecule has 0 radical (unpaired) electrons. The van der Waals surface area contributed by atoms with Crippen LogP contribution in [0.4, 0.5) is 0 Å². The molecule has 0 amide bonds. The summed E-state index contributed by atoms with van der Waals surface area (Å²) in [6.07, 6.45) is 2.05. The number of hydrogen-bond donors (Lipinski definition) is 1. The zero-order chi connectivity index (χ0) is 17.5. The van der Waals surface area contributed by atoms with E-state index in [0.717, 1.165) is 20.5 Å². The number of benzene rings is 1. The summed E-state index contributed by atoms with van der Waals surface area (Å²) in [6.45, 7) is 1.83. The Bertz CT molecular complexity index is 886. The average molecular weight is 362 g/mol. The molecule has 2 aliphatic heterocycles. The molecule has 0 saturated carbocycles. The van der Waals surface area contributed by atoms with Gasteiger partial charge in [0.25, 0.3) is 0 Å². The summed E-state index contributed by atoms with van der Waals surface area (Å²) < 4.78 is 25.6. The van der Waals surface area contributed by atoms with Crippen molar-refractivity contribution in [1.82, 2.24) is 4.31 Å². The van der Waals surface area contributed by atoms with Crippen LogP contribution >= 0.6 is 11.8 Å². The average Bonchev–Trinajstić information content (AvgIpc) is 3.03. The molecule has 0 bridgehead atoms. The third-order valence-corrected chi connectivity index (χ3v) is 7.61. The Morgan fingerprint density at radius 2 is 2.25 bits per heavy atom. The Kier molecular flexibility index (Phi) is 4.10. The molecule has 126 valence electrons. The molecule has 0 spiro atoms. The third-order valence-electron chi connectivity index (χ3n) is 4.43. The lowest BCUT2D eigenvalue weighted by Crippen LogP contribution is -2.54. The highest BCUT2D eigenvalue weighted by Crippen LogP contribution is 2.43. The van der Waals surface area contributed by atoms with Crippen molar-refractivity contribution in [3.63, 3.8) is 0 Å². The Hall–Kier alpha value is -1.98. The van der Waals surface area contributed by atoms with Gasteiger partial charge in [0.15, 0.2) is 0 Å². The molecule has 2 N–H and O–H groups in total. The number of guanidine groups is 1. The maximum Gasteiger partial charge on any atom is 0.239 e. The number of thioether (sulfide) groups is 1. The zero-order valence-corrected chi connectivity index (χ0v) is 15.1. The number of sulfonamides is 1. The van der Waals surface area contributed by atoms with E-state index < -0.39 is 15.6 Å². The van der Waals surface area contributed by atoms with Crippen molar-refractivity contribution in [2.24, 2.45) is 16.6 Å². The second kappa shape index (κ2) is 5.83. The molecule has 1 aromatic carbocycles. The number of hydrogen-bond acceptors (Lipinski definition) is 6. The van der Waals surface area contributed by atoms with Gasteiger partial charge in [0.1, 0.15) is 0 Å². The second-order valence-corrected chi connectivity index (χ2v) is 9.25. The van der Waals surface area contributed by atoms with E-state index in [9.17, 15) is 8.42 Å². The van der Waals surface area contributed by atoms with E-state index in [-0.39, 0.29) is 17.6 Å². The highest BCUT2D eigenvalue weighted by molar-refractivity contribution is 8.08. The zero-order valence-electron chi connectivity index (χ0n) is 13.4. The van der Waals surface area contributed by atoms with E-state index in [2.05, 4.69) is 17.1 Å². The number of nitrogens with zero attached hydrogens (tertiary/aromatic N) is 3. The van der Waals surface area contributed by atoms with Crippen molar-refractivity contribution in [3.05, 3.63) is 41.5 Å². The Labute approximate surface area is 146 Å². The third kappa shape index (κ3) is 2.89. The Morgan fingerprint density at radius 3 is 2.92 bits per heavy atom. The minimum Gasteiger partial charge on any atom is -0.369 e. The topological polar surface area (TPSA) is 99.5 Å². The minimum atomic E-state index is -3.45. The van der Waals surface area contributed by atoms with Gasteiger partial charge in [-0.25, -0.2) is 17.7 Å². The first-order valence-electron chi connectivity index (χ1n) is 7.42. The van der Waals surface area contributed by atoms with E-state index in [0.29, 0.717) is 5.56 Å². The molecule has 24 heavy (non-hydrogen) atoms. The molecule has 1 aromatic rings. The maximum absolute atomic E-state index is 12.3. The van der Waals surface area contributed by atoms with Crippen LogP contribution in [0.1, 0.15) is 18.1 Å². The fraction of sp³-hybridized carbons (Fsp3) is 0.375. The smallest absolute Gasteiger partial charge is 0.239 e. The van der Waals surface area contributed by atoms with Gasteiger partial charge >= 0.3 is 0 Å². The van der Waals surface area contributed by atoms with E-state index in [4.69, 9.17) is 11.0 Å². The summed E-state index contributed by atoms with van der Waals surface area (Å²) in [5.74, 6) is 0.663. The van der Waals surface area contributed by atoms with E-state index >= 15 is 0 Å². The molecule has 3 rings (SSSR count). The van der Waals surface area contributed by atoms with Crippen LogP contribution in [0, 0.1) is 17.2 Å². The molecule has 8 heteroatoms. The minimum absolute atomic E-state index is 0.0297. The van der Waals surface area contributed by atoms with Crippen molar-refractivity contribution in [1.29, 1.82) is 5.26 Å². The molecule has 2 aliphatic rings. The van der Waals surface area contributed by atoms with Gasteiger partial charge in [-0.3, -0.25) is 0 Å². The second-order valence-electron chi connectivity index (χ2n) is 6.19. The Morgan fingerprint density at radius 1 is 1.50 bits per heavy atom. The van der Waals surface area contributed by atoms with Gasteiger partial charge in [-0.1, -0.05) is 18.2 Å². The van der Waals surface area contributed by atoms with Gasteiger partial charge in [0.2, 0.25) is 16.0 Å². The van der Waals surface area contributed by atoms with Gasteiger partial charge in [-0.05, 0) is 24.6 Å². The number of nitrogens with two attached hydrogens (primary N) is 1. The molecule has 1 unspecified atom stereocenters. The van der Waals surface area contributed by atoms with Crippen molar-refractivity contribution >= 4 is 32.6 Å². The summed E-state index contributed by atoms with van der Waals surface area (Å²) in [5, 5.41) is 9.03. The highest BCUT2D eigenvalue weighted by Gasteiger charge is 2.45. The van der Waals surface area contributed by atoms with Gasteiger partial charge in [-0.2, -0.15) is 5.26 Å². The van der Waals surface area contributed by atoms with Crippen LogP contribution in [0.3, 0.4) is 0 Å². The molecular formula is C16H18N4O2S2. The summed E-state index contributed by atoms with van der Waals surface area (Å²) >= 11 is 1.65. The summed E-state index contributed by atoms with van der Waals surface area (Å²) in [7, 11) is -2.03. The normalized spacial score (nSPS) is 28.9. The van der Waals surface area contributed by atoms with Crippen LogP contribution in [0.2, 0.25) is 0 Å². The molecule has 6 nitrogen and oxygen atoms in total. The summed E-state index contributed by atoms with van der Waals surface area (Å²) in [6, 6.07) is 9.53. The largest absolute Gasteiger partial charge is 0.369 e. The lowest BCUT2D eigenvalue weighted by molar-refractivity contribution is 0.395. The first kappa shape index (κ1) is 16.9. The van der Waals surface area contributed by atoms with Gasteiger partial charge in [0, 0.05) is 23.6 Å². The van der Waals surface area contributed by atoms with Crippen molar-refractivity contribution in [3.8, 4) is 6.07 Å². The maximum atomic E-state index is 12.3. The molecule has 0 aliphatic carbocycles. The van der Waals surface area contributed by atoms with Gasteiger partial charge in [0.05, 0.1) is 22.9 Å². The summed E-state index contributed by atoms with van der Waals surface area (Å²) in [4.78, 5) is 5.51. The van der Waals surface area contributed by atoms with Crippen LogP contribution in [0.5, 0.6) is 0 Å². The summed E-state index contributed by atoms with van der Waals surface area (Å²) in [5.41, 5.74) is 6.61. The van der Waals surface area contributed by atoms with Crippen molar-refractivity contribution < 1.29 is 8.42 Å². The van der Waals surface area contributed by atoms with E-state index in [1.807, 2.05) is 25.1 Å². The van der Waals surface area contributed by atoms with Crippen LogP contribution in [-0.4, -0.2) is 42.8 Å².